The van der Waals surface area contributed by atoms with Crippen LogP contribution < -0.4 is 4.48 Å². The Labute approximate surface area is 301 Å². The van der Waals surface area contributed by atoms with Crippen molar-refractivity contribution in [2.24, 2.45) is 4.99 Å². The number of tetrazole rings is 1. The second kappa shape index (κ2) is 15.6. The van der Waals surface area contributed by atoms with Gasteiger partial charge in [0, 0.05) is 11.1 Å². The molecule has 1 aromatic heterocycles. The molecule has 7 rings (SSSR count). The smallest absolute Gasteiger partial charge is 0.477 e. The van der Waals surface area contributed by atoms with E-state index in [0.29, 0.717) is 42.9 Å². The Bertz CT molecular complexity index is 2060. The van der Waals surface area contributed by atoms with Crippen LogP contribution in [-0.4, -0.2) is 69.3 Å². The maximum Gasteiger partial charge on any atom is 0.508 e. The van der Waals surface area contributed by atoms with Gasteiger partial charge < -0.3 is 19.3 Å². The van der Waals surface area contributed by atoms with Crippen molar-refractivity contribution in [3.8, 4) is 22.5 Å². The van der Waals surface area contributed by atoms with Gasteiger partial charge >= 0.3 is 18.1 Å². The number of carbonyl (C=O) groups excluding carboxylic acids is 1. The zero-order valence-electron chi connectivity index (χ0n) is 29.1. The summed E-state index contributed by atoms with van der Waals surface area (Å²) in [5.74, 6) is -0.422. The van der Waals surface area contributed by atoms with Crippen molar-refractivity contribution in [2.45, 2.75) is 58.2 Å². The van der Waals surface area contributed by atoms with Crippen LogP contribution in [0.5, 0.6) is 0 Å². The number of fused-ring (bicyclic) bond motifs is 1. The van der Waals surface area contributed by atoms with Crippen LogP contribution in [0, 0.1) is 0 Å². The Balaban J connectivity index is 1.18. The van der Waals surface area contributed by atoms with E-state index in [0.717, 1.165) is 59.9 Å². The molecule has 0 bridgehead atoms. The molecular weight excluding hydrogens is 660 g/mol. The van der Waals surface area contributed by atoms with E-state index in [1.165, 1.54) is 0 Å². The van der Waals surface area contributed by atoms with E-state index in [9.17, 15) is 14.7 Å². The van der Waals surface area contributed by atoms with Gasteiger partial charge in [0.15, 0.2) is 11.5 Å². The number of nitrogens with zero attached hydrogens (tertiary/aromatic N) is 6. The number of hydrogen-bond acceptors (Lipinski definition) is 9. The molecule has 0 amide bonds. The highest BCUT2D eigenvalue weighted by Crippen LogP contribution is 2.45. The van der Waals surface area contributed by atoms with Crippen molar-refractivity contribution in [1.29, 1.82) is 0 Å². The average Bonchev–Trinajstić information content (AvgIpc) is 3.75. The lowest BCUT2D eigenvalue weighted by Gasteiger charge is -2.34. The minimum Gasteiger partial charge on any atom is -0.477 e. The summed E-state index contributed by atoms with van der Waals surface area (Å²) in [6.07, 6.45) is 3.99. The summed E-state index contributed by atoms with van der Waals surface area (Å²) in [5, 5.41) is 23.0. The van der Waals surface area contributed by atoms with Gasteiger partial charge in [-0.1, -0.05) is 91.3 Å². The normalized spacial score (nSPS) is 16.9. The summed E-state index contributed by atoms with van der Waals surface area (Å²) in [7, 11) is 0. The molecule has 0 saturated heterocycles. The van der Waals surface area contributed by atoms with Crippen LogP contribution in [0.3, 0.4) is 0 Å². The summed E-state index contributed by atoms with van der Waals surface area (Å²) < 4.78 is 19.1. The summed E-state index contributed by atoms with van der Waals surface area (Å²) in [5.41, 5.74) is 5.91. The number of carboxylic acids is 1. The average molecular weight is 702 g/mol. The summed E-state index contributed by atoms with van der Waals surface area (Å²) in [6, 6.07) is 31.5. The third-order valence-corrected chi connectivity index (χ3v) is 9.63. The lowest BCUT2D eigenvalue weighted by atomic mass is 9.97. The molecule has 266 valence electrons. The Hall–Kier alpha value is -5.88. The highest BCUT2D eigenvalue weighted by Gasteiger charge is 2.49. The fourth-order valence-electron chi connectivity index (χ4n) is 7.19. The summed E-state index contributed by atoms with van der Waals surface area (Å²) >= 11 is 0. The van der Waals surface area contributed by atoms with Crippen LogP contribution in [0.2, 0.25) is 0 Å². The fraction of sp³-hybridized carbons (Fsp3) is 0.300. The third kappa shape index (κ3) is 7.28. The van der Waals surface area contributed by atoms with E-state index >= 15 is 0 Å². The molecule has 12 nitrogen and oxygen atoms in total. The van der Waals surface area contributed by atoms with E-state index in [1.54, 1.807) is 22.9 Å². The van der Waals surface area contributed by atoms with Crippen molar-refractivity contribution in [2.75, 3.05) is 19.8 Å². The minimum atomic E-state index is -1.08. The molecule has 0 spiro atoms. The monoisotopic (exact) mass is 701 g/mol. The molecular formula is C40H41N6O6+. The van der Waals surface area contributed by atoms with Gasteiger partial charge in [-0.2, -0.15) is 4.99 Å². The molecule has 0 radical (unpaired) electrons. The standard InChI is InChI=1S/C40H40N6O6/c1-2-50-39-41-35-19-11-18-34(38(47)48)36(35)46(39,24-25-51-40(49)52-31-14-7-4-8-15-31)27-29-20-22-30(23-21-29)32-16-9-10-17-33(32)37-42-43-44-45(37)26-28-12-5-3-6-13-28/h3,5-6,9-13,16-23,31H,2,4,7-8,14-15,24-27H2,1H3/p+1. The van der Waals surface area contributed by atoms with E-state index in [2.05, 4.69) is 15.5 Å². The number of aromatic carboxylic acids is 1. The van der Waals surface area contributed by atoms with E-state index in [-0.39, 0.29) is 29.3 Å². The number of aliphatic imine (C=N–C) groups is 1. The number of quaternary nitrogens is 1. The number of carbonyl (C=O) groups is 2. The Kier molecular flexibility index (Phi) is 10.3. The maximum atomic E-state index is 12.8. The summed E-state index contributed by atoms with van der Waals surface area (Å²) in [4.78, 5) is 30.1. The minimum absolute atomic E-state index is 0.0335. The Morgan fingerprint density at radius 3 is 2.37 bits per heavy atom. The molecule has 5 aromatic rings. The molecule has 1 unspecified atom stereocenters. The van der Waals surface area contributed by atoms with Gasteiger partial charge in [-0.15, -0.1) is 5.10 Å². The van der Waals surface area contributed by atoms with Crippen LogP contribution in [0.1, 0.15) is 60.5 Å². The molecule has 1 aliphatic carbocycles. The van der Waals surface area contributed by atoms with Gasteiger partial charge in [-0.3, -0.25) is 0 Å². The highest BCUT2D eigenvalue weighted by atomic mass is 16.7. The highest BCUT2D eigenvalue weighted by molar-refractivity contribution is 6.06. The topological polar surface area (TPSA) is 138 Å². The van der Waals surface area contributed by atoms with Crippen LogP contribution in [-0.2, 0) is 27.3 Å². The Morgan fingerprint density at radius 2 is 1.62 bits per heavy atom. The van der Waals surface area contributed by atoms with Gasteiger partial charge in [-0.05, 0) is 71.9 Å². The first kappa shape index (κ1) is 34.6. The number of aromatic nitrogens is 4. The maximum absolute atomic E-state index is 12.8. The SMILES string of the molecule is CCOC1=Nc2cccc(C(=O)O)c2[N+]1(CCOC(=O)OC1CCCCC1)Cc1ccc(-c2ccccc2-c2nnnn2Cc2ccccc2)cc1. The van der Waals surface area contributed by atoms with Gasteiger partial charge in [-0.25, -0.2) is 18.8 Å². The summed E-state index contributed by atoms with van der Waals surface area (Å²) in [6.45, 7) is 3.16. The zero-order chi connectivity index (χ0) is 35.9. The molecule has 12 heteroatoms. The second-order valence-corrected chi connectivity index (χ2v) is 13.0. The van der Waals surface area contributed by atoms with Crippen LogP contribution in [0.25, 0.3) is 22.5 Å². The predicted octanol–water partition coefficient (Wildman–Crippen LogP) is 7.78. The van der Waals surface area contributed by atoms with Crippen LogP contribution in [0.15, 0.2) is 102 Å². The van der Waals surface area contributed by atoms with Crippen molar-refractivity contribution < 1.29 is 28.9 Å². The first-order valence-corrected chi connectivity index (χ1v) is 17.7. The number of amidine groups is 1. The van der Waals surface area contributed by atoms with Gasteiger partial charge in [0.2, 0.25) is 0 Å². The number of carboxylic acid groups (broad SMARTS) is 1. The van der Waals surface area contributed by atoms with Crippen molar-refractivity contribution in [1.82, 2.24) is 24.7 Å². The van der Waals surface area contributed by atoms with Crippen molar-refractivity contribution in [3.63, 3.8) is 0 Å². The number of benzene rings is 4. The first-order valence-electron chi connectivity index (χ1n) is 17.7. The number of ether oxygens (including phenoxy) is 3. The van der Waals surface area contributed by atoms with Gasteiger partial charge in [0.1, 0.15) is 37.1 Å². The fourth-order valence-corrected chi connectivity index (χ4v) is 7.19. The largest absolute Gasteiger partial charge is 0.508 e. The molecule has 1 saturated carbocycles. The molecule has 1 N–H and O–H groups in total. The Morgan fingerprint density at radius 1 is 0.865 bits per heavy atom. The third-order valence-electron chi connectivity index (χ3n) is 9.63. The quantitative estimate of drug-likeness (QED) is 0.102. The molecule has 1 fully saturated rings. The lowest BCUT2D eigenvalue weighted by Crippen LogP contribution is -2.55. The van der Waals surface area contributed by atoms with Crippen molar-refractivity contribution in [3.05, 3.63) is 114 Å². The molecule has 1 aliphatic heterocycles. The lowest BCUT2D eigenvalue weighted by molar-refractivity contribution is 0.00889. The van der Waals surface area contributed by atoms with Crippen LogP contribution >= 0.6 is 0 Å². The first-order chi connectivity index (χ1) is 25.4. The predicted molar refractivity (Wildman–Crippen MR) is 196 cm³/mol. The van der Waals surface area contributed by atoms with Crippen LogP contribution in [0.4, 0.5) is 16.2 Å². The number of rotatable bonds is 12. The molecule has 2 aliphatic rings. The molecule has 1 atom stereocenters. The zero-order valence-corrected chi connectivity index (χ0v) is 29.1. The number of para-hydroxylation sites is 1. The second-order valence-electron chi connectivity index (χ2n) is 13.0. The van der Waals surface area contributed by atoms with E-state index in [4.69, 9.17) is 19.2 Å². The molecule has 4 aromatic carbocycles. The van der Waals surface area contributed by atoms with Gasteiger partial charge in [0.25, 0.3) is 0 Å². The van der Waals surface area contributed by atoms with E-state index < -0.39 is 12.1 Å². The molecule has 2 heterocycles. The molecule has 52 heavy (non-hydrogen) atoms. The van der Waals surface area contributed by atoms with Gasteiger partial charge in [0.05, 0.1) is 13.2 Å². The van der Waals surface area contributed by atoms with E-state index in [1.807, 2.05) is 85.8 Å². The van der Waals surface area contributed by atoms with Crippen molar-refractivity contribution >= 4 is 29.5 Å². The number of hydrogen-bond donors (Lipinski definition) is 1.